The van der Waals surface area contributed by atoms with Gasteiger partial charge in [-0.15, -0.1) is 0 Å². The van der Waals surface area contributed by atoms with Crippen LogP contribution in [0.15, 0.2) is 47.6 Å². The van der Waals surface area contributed by atoms with E-state index in [0.717, 1.165) is 52.0 Å². The summed E-state index contributed by atoms with van der Waals surface area (Å²) in [5, 5.41) is 11.3. The second-order valence-corrected chi connectivity index (χ2v) is 9.87. The van der Waals surface area contributed by atoms with Crippen LogP contribution < -0.4 is 10.2 Å². The summed E-state index contributed by atoms with van der Waals surface area (Å²) >= 11 is 0. The highest BCUT2D eigenvalue weighted by Gasteiger charge is 2.20. The normalized spacial score (nSPS) is 16.1. The SMILES string of the molecule is CC(C)CC(=O)NC1=CN=CCC(c2cnc3n[nH]c(-c4nc5c(N6CCOCC6)cncc5[nH]4)c3c2)=C1. The number of morpholine rings is 1. The summed E-state index contributed by atoms with van der Waals surface area (Å²) in [7, 11) is 0. The fourth-order valence-electron chi connectivity index (χ4n) is 4.75. The van der Waals surface area contributed by atoms with Gasteiger partial charge in [-0.05, 0) is 29.2 Å². The molecule has 0 radical (unpaired) electrons. The Morgan fingerprint density at radius 2 is 2.08 bits per heavy atom. The first-order chi connectivity index (χ1) is 18.5. The molecule has 11 nitrogen and oxygen atoms in total. The van der Waals surface area contributed by atoms with E-state index in [1.165, 1.54) is 0 Å². The van der Waals surface area contributed by atoms with Gasteiger partial charge < -0.3 is 19.9 Å². The summed E-state index contributed by atoms with van der Waals surface area (Å²) in [6.45, 7) is 7.02. The number of fused-ring (bicyclic) bond motifs is 2. The van der Waals surface area contributed by atoms with Gasteiger partial charge in [-0.3, -0.25) is 19.9 Å². The van der Waals surface area contributed by atoms with Gasteiger partial charge in [-0.2, -0.15) is 5.10 Å². The molecule has 0 saturated carbocycles. The van der Waals surface area contributed by atoms with Crippen molar-refractivity contribution in [3.05, 3.63) is 48.2 Å². The van der Waals surface area contributed by atoms with Crippen LogP contribution >= 0.6 is 0 Å². The number of hydrogen-bond donors (Lipinski definition) is 3. The smallest absolute Gasteiger partial charge is 0.224 e. The summed E-state index contributed by atoms with van der Waals surface area (Å²) in [5.41, 5.74) is 6.62. The number of amides is 1. The Hall–Kier alpha value is -4.38. The molecule has 194 valence electrons. The molecular weight excluding hydrogens is 482 g/mol. The quantitative estimate of drug-likeness (QED) is 0.360. The highest BCUT2D eigenvalue weighted by Crippen LogP contribution is 2.31. The van der Waals surface area contributed by atoms with Crippen molar-refractivity contribution >= 4 is 45.4 Å². The Kier molecular flexibility index (Phi) is 6.42. The number of pyridine rings is 2. The topological polar surface area (TPSA) is 137 Å². The van der Waals surface area contributed by atoms with E-state index in [1.54, 1.807) is 18.6 Å². The number of hydrogen-bond acceptors (Lipinski definition) is 8. The molecule has 1 saturated heterocycles. The summed E-state index contributed by atoms with van der Waals surface area (Å²) in [6.07, 6.45) is 12.0. The Morgan fingerprint density at radius 1 is 1.21 bits per heavy atom. The Balaban J connectivity index is 1.34. The third-order valence-corrected chi connectivity index (χ3v) is 6.58. The first kappa shape index (κ1) is 24.0. The molecule has 6 rings (SSSR count). The van der Waals surface area contributed by atoms with Crippen LogP contribution in [0.5, 0.6) is 0 Å². The maximum absolute atomic E-state index is 12.3. The van der Waals surface area contributed by atoms with Crippen molar-refractivity contribution in [3.8, 4) is 11.5 Å². The van der Waals surface area contributed by atoms with Crippen LogP contribution in [0, 0.1) is 5.92 Å². The molecule has 4 aromatic heterocycles. The molecule has 0 aromatic carbocycles. The monoisotopic (exact) mass is 511 g/mol. The number of H-pyrrole nitrogens is 2. The van der Waals surface area contributed by atoms with Gasteiger partial charge in [0.1, 0.15) is 11.2 Å². The average Bonchev–Trinajstić information content (AvgIpc) is 3.46. The predicted octanol–water partition coefficient (Wildman–Crippen LogP) is 3.59. The van der Waals surface area contributed by atoms with Gasteiger partial charge in [0.25, 0.3) is 0 Å². The van der Waals surface area contributed by atoms with Crippen molar-refractivity contribution in [2.75, 3.05) is 31.2 Å². The molecule has 3 N–H and O–H groups in total. The summed E-state index contributed by atoms with van der Waals surface area (Å²) < 4.78 is 5.51. The van der Waals surface area contributed by atoms with Crippen molar-refractivity contribution in [2.45, 2.75) is 26.7 Å². The fourth-order valence-corrected chi connectivity index (χ4v) is 4.75. The molecule has 0 spiro atoms. The van der Waals surface area contributed by atoms with Gasteiger partial charge in [-0.25, -0.2) is 9.97 Å². The van der Waals surface area contributed by atoms with Gasteiger partial charge in [-0.1, -0.05) is 13.8 Å². The molecule has 0 atom stereocenters. The minimum Gasteiger partial charge on any atom is -0.378 e. The molecule has 11 heteroatoms. The lowest BCUT2D eigenvalue weighted by Crippen LogP contribution is -2.36. The number of aliphatic imine (C=N–C) groups is 1. The molecule has 38 heavy (non-hydrogen) atoms. The summed E-state index contributed by atoms with van der Waals surface area (Å²) in [5.74, 6) is 0.917. The molecule has 1 fully saturated rings. The number of ether oxygens (including phenoxy) is 1. The number of carbonyl (C=O) groups excluding carboxylic acids is 1. The molecule has 1 amide bonds. The molecule has 2 aliphatic heterocycles. The van der Waals surface area contributed by atoms with Crippen molar-refractivity contribution in [2.24, 2.45) is 10.9 Å². The van der Waals surface area contributed by atoms with Crippen LogP contribution in [0.25, 0.3) is 39.2 Å². The van der Waals surface area contributed by atoms with Crippen molar-refractivity contribution in [1.29, 1.82) is 0 Å². The number of rotatable bonds is 6. The van der Waals surface area contributed by atoms with Crippen LogP contribution in [0.3, 0.4) is 0 Å². The molecule has 0 unspecified atom stereocenters. The van der Waals surface area contributed by atoms with E-state index in [1.807, 2.05) is 38.4 Å². The largest absolute Gasteiger partial charge is 0.378 e. The first-order valence-electron chi connectivity index (χ1n) is 12.8. The van der Waals surface area contributed by atoms with Crippen LogP contribution in [0.2, 0.25) is 0 Å². The second kappa shape index (κ2) is 10.2. The number of allylic oxidation sites excluding steroid dienone is 2. The van der Waals surface area contributed by atoms with Crippen LogP contribution in [0.1, 0.15) is 32.3 Å². The third-order valence-electron chi connectivity index (χ3n) is 6.58. The molecule has 4 aromatic rings. The lowest BCUT2D eigenvalue weighted by atomic mass is 10.0. The zero-order valence-electron chi connectivity index (χ0n) is 21.4. The van der Waals surface area contributed by atoms with Gasteiger partial charge >= 0.3 is 0 Å². The number of nitrogens with zero attached hydrogens (tertiary/aromatic N) is 6. The van der Waals surface area contributed by atoms with Crippen LogP contribution in [-0.2, 0) is 9.53 Å². The molecule has 0 aliphatic carbocycles. The molecule has 0 bridgehead atoms. The first-order valence-corrected chi connectivity index (χ1v) is 12.8. The predicted molar refractivity (Wildman–Crippen MR) is 147 cm³/mol. The Bertz CT molecular complexity index is 1590. The van der Waals surface area contributed by atoms with Crippen molar-refractivity contribution in [1.82, 2.24) is 35.5 Å². The van der Waals surface area contributed by atoms with E-state index in [0.29, 0.717) is 43.2 Å². The summed E-state index contributed by atoms with van der Waals surface area (Å²) in [6, 6.07) is 2.05. The maximum Gasteiger partial charge on any atom is 0.224 e. The van der Waals surface area contributed by atoms with Crippen molar-refractivity contribution < 1.29 is 9.53 Å². The van der Waals surface area contributed by atoms with Gasteiger partial charge in [0.05, 0.1) is 47.9 Å². The number of aromatic amines is 2. The van der Waals surface area contributed by atoms with E-state index < -0.39 is 0 Å². The van der Waals surface area contributed by atoms with Crippen LogP contribution in [-0.4, -0.2) is 68.6 Å². The van der Waals surface area contributed by atoms with Gasteiger partial charge in [0.15, 0.2) is 11.5 Å². The minimum absolute atomic E-state index is 0.0273. The highest BCUT2D eigenvalue weighted by atomic mass is 16.5. The minimum atomic E-state index is -0.0273. The highest BCUT2D eigenvalue weighted by molar-refractivity contribution is 5.96. The molecule has 6 heterocycles. The lowest BCUT2D eigenvalue weighted by molar-refractivity contribution is -0.121. The zero-order chi connectivity index (χ0) is 26.1. The number of imidazole rings is 1. The van der Waals surface area contributed by atoms with E-state index in [4.69, 9.17) is 9.72 Å². The third kappa shape index (κ3) is 4.80. The van der Waals surface area contributed by atoms with Gasteiger partial charge in [0.2, 0.25) is 5.91 Å². The van der Waals surface area contributed by atoms with Gasteiger partial charge in [0, 0.05) is 44.5 Å². The van der Waals surface area contributed by atoms with Crippen LogP contribution in [0.4, 0.5) is 5.69 Å². The fraction of sp³-hybridized carbons (Fsp3) is 0.333. The number of carbonyl (C=O) groups is 1. The van der Waals surface area contributed by atoms with E-state index in [-0.39, 0.29) is 11.8 Å². The second-order valence-electron chi connectivity index (χ2n) is 9.87. The number of anilines is 1. The standard InChI is InChI=1S/C27H29N9O2/c1-16(2)9-23(37)31-19-10-17(3-4-28-13-19)18-11-20-24(34-35-26(20)30-12-18)27-32-21-14-29-15-22(25(21)33-27)36-5-7-38-8-6-36/h4,10-16H,3,5-9H2,1-2H3,(H,31,37)(H,32,33)(H,30,34,35). The Morgan fingerprint density at radius 3 is 2.92 bits per heavy atom. The molecule has 2 aliphatic rings. The average molecular weight is 512 g/mol. The lowest BCUT2D eigenvalue weighted by Gasteiger charge is -2.28. The van der Waals surface area contributed by atoms with E-state index >= 15 is 0 Å². The number of nitrogens with one attached hydrogen (secondary N) is 3. The van der Waals surface area contributed by atoms with Crippen molar-refractivity contribution in [3.63, 3.8) is 0 Å². The molecular formula is C27H29N9O2. The van der Waals surface area contributed by atoms with E-state index in [9.17, 15) is 4.79 Å². The Labute approximate surface area is 219 Å². The van der Waals surface area contributed by atoms with E-state index in [2.05, 4.69) is 40.4 Å². The summed E-state index contributed by atoms with van der Waals surface area (Å²) in [4.78, 5) is 36.3. The number of aromatic nitrogens is 6. The maximum atomic E-state index is 12.3. The zero-order valence-corrected chi connectivity index (χ0v) is 21.4.